The molecule has 19 heavy (non-hydrogen) atoms. The van der Waals surface area contributed by atoms with Gasteiger partial charge in [-0.25, -0.2) is 0 Å². The Hall–Kier alpha value is -2.42. The monoisotopic (exact) mass is 252 g/mol. The molecule has 0 radical (unpaired) electrons. The van der Waals surface area contributed by atoms with Crippen molar-refractivity contribution in [1.29, 1.82) is 0 Å². The first-order chi connectivity index (χ1) is 9.02. The molecule has 0 saturated carbocycles. The lowest BCUT2D eigenvalue weighted by Crippen LogP contribution is -1.97. The van der Waals surface area contributed by atoms with Gasteiger partial charge in [0.25, 0.3) is 0 Å². The van der Waals surface area contributed by atoms with E-state index in [-0.39, 0.29) is 5.78 Å². The quantitative estimate of drug-likeness (QED) is 0.672. The van der Waals surface area contributed by atoms with Gasteiger partial charge in [-0.1, -0.05) is 12.7 Å². The highest BCUT2D eigenvalue weighted by atomic mass is 16.1. The van der Waals surface area contributed by atoms with E-state index in [9.17, 15) is 4.79 Å². The smallest absolute Gasteiger partial charge is 0.159 e. The normalized spacial score (nSPS) is 10.2. The number of anilines is 1. The van der Waals surface area contributed by atoms with Crippen LogP contribution in [0.2, 0.25) is 0 Å². The van der Waals surface area contributed by atoms with E-state index in [1.54, 1.807) is 31.3 Å². The zero-order valence-electron chi connectivity index (χ0n) is 11.1. The number of carbonyl (C=O) groups excluding carboxylic acids is 1. The molecule has 0 bridgehead atoms. The number of aryl methyl sites for hydroxylation is 1. The Kier molecular flexibility index (Phi) is 3.47. The standard InChI is InChI=1S/C16H16N2O/c1-4-12-7-10(2)14(9-15(12)17)16-8-13(11(3)19)5-6-18-16/h4-9H,1,17H2,2-3H3. The van der Waals surface area contributed by atoms with Gasteiger partial charge in [0.1, 0.15) is 0 Å². The molecule has 0 amide bonds. The summed E-state index contributed by atoms with van der Waals surface area (Å²) in [5, 5.41) is 0. The number of pyridine rings is 1. The van der Waals surface area contributed by atoms with Crippen LogP contribution >= 0.6 is 0 Å². The average molecular weight is 252 g/mol. The molecule has 1 aromatic carbocycles. The summed E-state index contributed by atoms with van der Waals surface area (Å²) in [7, 11) is 0. The predicted molar refractivity (Wildman–Crippen MR) is 78.9 cm³/mol. The van der Waals surface area contributed by atoms with Crippen LogP contribution in [-0.4, -0.2) is 10.8 Å². The molecule has 1 heterocycles. The molecule has 2 aromatic rings. The molecule has 3 nitrogen and oxygen atoms in total. The highest BCUT2D eigenvalue weighted by molar-refractivity contribution is 5.95. The fraction of sp³-hybridized carbons (Fsp3) is 0.125. The van der Waals surface area contributed by atoms with Crippen molar-refractivity contribution in [3.63, 3.8) is 0 Å². The van der Waals surface area contributed by atoms with Crippen molar-refractivity contribution in [3.8, 4) is 11.3 Å². The van der Waals surface area contributed by atoms with Gasteiger partial charge in [-0.15, -0.1) is 0 Å². The van der Waals surface area contributed by atoms with E-state index >= 15 is 0 Å². The molecule has 0 atom stereocenters. The number of hydrogen-bond donors (Lipinski definition) is 1. The van der Waals surface area contributed by atoms with E-state index < -0.39 is 0 Å². The fourth-order valence-corrected chi connectivity index (χ4v) is 2.00. The number of rotatable bonds is 3. The number of nitrogens with two attached hydrogens (primary N) is 1. The number of ketones is 1. The number of carbonyl (C=O) groups is 1. The van der Waals surface area contributed by atoms with Crippen LogP contribution in [0.4, 0.5) is 5.69 Å². The maximum Gasteiger partial charge on any atom is 0.159 e. The third-order valence-electron chi connectivity index (χ3n) is 3.09. The summed E-state index contributed by atoms with van der Waals surface area (Å²) in [5.74, 6) is 0.0250. The van der Waals surface area contributed by atoms with Gasteiger partial charge in [0.05, 0.1) is 5.69 Å². The first-order valence-corrected chi connectivity index (χ1v) is 6.03. The minimum absolute atomic E-state index is 0.0250. The topological polar surface area (TPSA) is 56.0 Å². The SMILES string of the molecule is C=Cc1cc(C)c(-c2cc(C(C)=O)ccn2)cc1N. The van der Waals surface area contributed by atoms with E-state index in [1.165, 1.54) is 0 Å². The summed E-state index contributed by atoms with van der Waals surface area (Å²) < 4.78 is 0. The van der Waals surface area contributed by atoms with E-state index in [4.69, 9.17) is 5.73 Å². The van der Waals surface area contributed by atoms with Crippen molar-refractivity contribution in [1.82, 2.24) is 4.98 Å². The molecule has 0 unspecified atom stereocenters. The molecule has 0 aliphatic carbocycles. The summed E-state index contributed by atoms with van der Waals surface area (Å²) >= 11 is 0. The second-order valence-corrected chi connectivity index (χ2v) is 4.49. The molecule has 1 aromatic heterocycles. The van der Waals surface area contributed by atoms with Crippen LogP contribution < -0.4 is 5.73 Å². The fourth-order valence-electron chi connectivity index (χ4n) is 2.00. The Labute approximate surface area is 112 Å². The van der Waals surface area contributed by atoms with E-state index in [0.717, 1.165) is 22.4 Å². The minimum Gasteiger partial charge on any atom is -0.398 e. The van der Waals surface area contributed by atoms with E-state index in [1.807, 2.05) is 19.1 Å². The highest BCUT2D eigenvalue weighted by Gasteiger charge is 2.09. The van der Waals surface area contributed by atoms with Gasteiger partial charge in [0, 0.05) is 23.0 Å². The first kappa shape index (κ1) is 13.0. The molecule has 0 aliphatic heterocycles. The molecule has 3 heteroatoms. The number of hydrogen-bond acceptors (Lipinski definition) is 3. The average Bonchev–Trinajstić information content (AvgIpc) is 2.41. The van der Waals surface area contributed by atoms with Gasteiger partial charge < -0.3 is 5.73 Å². The number of aromatic nitrogens is 1. The lowest BCUT2D eigenvalue weighted by Gasteiger charge is -2.10. The third kappa shape index (κ3) is 2.55. The second kappa shape index (κ2) is 5.06. The molecule has 96 valence electrons. The maximum absolute atomic E-state index is 11.4. The Morgan fingerprint density at radius 2 is 2.11 bits per heavy atom. The Balaban J connectivity index is 2.59. The third-order valence-corrected chi connectivity index (χ3v) is 3.09. The summed E-state index contributed by atoms with van der Waals surface area (Å²) in [5.41, 5.74) is 10.9. The largest absolute Gasteiger partial charge is 0.398 e. The molecule has 2 rings (SSSR count). The predicted octanol–water partition coefficient (Wildman–Crippen LogP) is 3.48. The van der Waals surface area contributed by atoms with Gasteiger partial charge in [-0.3, -0.25) is 9.78 Å². The second-order valence-electron chi connectivity index (χ2n) is 4.49. The zero-order valence-corrected chi connectivity index (χ0v) is 11.1. The van der Waals surface area contributed by atoms with Gasteiger partial charge in [-0.05, 0) is 49.2 Å². The van der Waals surface area contributed by atoms with Crippen molar-refractivity contribution in [2.45, 2.75) is 13.8 Å². The van der Waals surface area contributed by atoms with Crippen molar-refractivity contribution in [2.24, 2.45) is 0 Å². The molecule has 0 fully saturated rings. The van der Waals surface area contributed by atoms with Gasteiger partial charge >= 0.3 is 0 Å². The molecule has 0 aliphatic rings. The van der Waals surface area contributed by atoms with Crippen molar-refractivity contribution < 1.29 is 4.79 Å². The van der Waals surface area contributed by atoms with Crippen molar-refractivity contribution >= 4 is 17.5 Å². The van der Waals surface area contributed by atoms with E-state index in [0.29, 0.717) is 11.3 Å². The molecule has 0 spiro atoms. The van der Waals surface area contributed by atoms with Crippen LogP contribution in [0.25, 0.3) is 17.3 Å². The Morgan fingerprint density at radius 1 is 1.37 bits per heavy atom. The van der Waals surface area contributed by atoms with Crippen LogP contribution in [0.5, 0.6) is 0 Å². The summed E-state index contributed by atoms with van der Waals surface area (Å²) in [6.07, 6.45) is 3.37. The first-order valence-electron chi connectivity index (χ1n) is 6.03. The Morgan fingerprint density at radius 3 is 2.74 bits per heavy atom. The van der Waals surface area contributed by atoms with Gasteiger partial charge in [0.15, 0.2) is 5.78 Å². The summed E-state index contributed by atoms with van der Waals surface area (Å²) in [4.78, 5) is 15.7. The number of nitrogens with zero attached hydrogens (tertiary/aromatic N) is 1. The van der Waals surface area contributed by atoms with Crippen LogP contribution in [0.1, 0.15) is 28.4 Å². The van der Waals surface area contributed by atoms with Crippen LogP contribution in [0.15, 0.2) is 37.0 Å². The number of nitrogen functional groups attached to an aromatic ring is 1. The minimum atomic E-state index is 0.0250. The highest BCUT2D eigenvalue weighted by Crippen LogP contribution is 2.27. The molecule has 0 saturated heterocycles. The van der Waals surface area contributed by atoms with Crippen molar-refractivity contribution in [3.05, 3.63) is 53.7 Å². The van der Waals surface area contributed by atoms with E-state index in [2.05, 4.69) is 11.6 Å². The number of benzene rings is 1. The van der Waals surface area contributed by atoms with Crippen LogP contribution in [0.3, 0.4) is 0 Å². The lowest BCUT2D eigenvalue weighted by molar-refractivity contribution is 0.101. The van der Waals surface area contributed by atoms with Crippen molar-refractivity contribution in [2.75, 3.05) is 5.73 Å². The summed E-state index contributed by atoms with van der Waals surface area (Å²) in [6.45, 7) is 7.27. The summed E-state index contributed by atoms with van der Waals surface area (Å²) in [6, 6.07) is 7.35. The van der Waals surface area contributed by atoms with Gasteiger partial charge in [0.2, 0.25) is 0 Å². The maximum atomic E-state index is 11.4. The van der Waals surface area contributed by atoms with Crippen LogP contribution in [-0.2, 0) is 0 Å². The Bertz CT molecular complexity index is 660. The van der Waals surface area contributed by atoms with Gasteiger partial charge in [-0.2, -0.15) is 0 Å². The van der Waals surface area contributed by atoms with Crippen LogP contribution in [0, 0.1) is 6.92 Å². The number of Topliss-reactive ketones (excluding diaryl/α,β-unsaturated/α-hetero) is 1. The molecule has 2 N–H and O–H groups in total. The lowest BCUT2D eigenvalue weighted by atomic mass is 9.99. The zero-order chi connectivity index (χ0) is 14.0. The molecular weight excluding hydrogens is 236 g/mol. The molecular formula is C16H16N2O.